The van der Waals surface area contributed by atoms with Crippen LogP contribution in [0.3, 0.4) is 0 Å². The van der Waals surface area contributed by atoms with E-state index >= 15 is 0 Å². The summed E-state index contributed by atoms with van der Waals surface area (Å²) in [6, 6.07) is 14.9. The van der Waals surface area contributed by atoms with E-state index < -0.39 is 23.8 Å². The summed E-state index contributed by atoms with van der Waals surface area (Å²) in [5.41, 5.74) is 2.32. The first-order valence-corrected chi connectivity index (χ1v) is 8.41. The van der Waals surface area contributed by atoms with Gasteiger partial charge in [0.25, 0.3) is 0 Å². The summed E-state index contributed by atoms with van der Waals surface area (Å²) in [5.74, 6) is -2.27. The Morgan fingerprint density at radius 1 is 1.12 bits per heavy atom. The highest BCUT2D eigenvalue weighted by molar-refractivity contribution is 6.00. The third-order valence-electron chi connectivity index (χ3n) is 4.51. The molecule has 2 aromatic rings. The van der Waals surface area contributed by atoms with Gasteiger partial charge in [-0.15, -0.1) is 0 Å². The quantitative estimate of drug-likeness (QED) is 0.864. The van der Waals surface area contributed by atoms with Gasteiger partial charge in [-0.25, -0.2) is 4.79 Å². The zero-order chi connectivity index (χ0) is 18.7. The molecular formula is C20H20N2O4. The van der Waals surface area contributed by atoms with Gasteiger partial charge >= 0.3 is 5.97 Å². The maximum atomic E-state index is 12.6. The number of carbonyl (C=O) groups is 3. The highest BCUT2D eigenvalue weighted by Gasteiger charge is 2.36. The molecule has 2 aromatic carbocycles. The molecule has 3 rings (SSSR count). The fourth-order valence-corrected chi connectivity index (χ4v) is 3.05. The van der Waals surface area contributed by atoms with E-state index in [2.05, 4.69) is 5.32 Å². The third-order valence-corrected chi connectivity index (χ3v) is 4.51. The Balaban J connectivity index is 1.71. The van der Waals surface area contributed by atoms with Crippen molar-refractivity contribution in [2.45, 2.75) is 19.4 Å². The van der Waals surface area contributed by atoms with E-state index in [9.17, 15) is 19.5 Å². The van der Waals surface area contributed by atoms with E-state index in [0.29, 0.717) is 5.56 Å². The van der Waals surface area contributed by atoms with Gasteiger partial charge in [0, 0.05) is 18.7 Å². The van der Waals surface area contributed by atoms with Gasteiger partial charge < -0.3 is 15.3 Å². The Hall–Kier alpha value is -3.15. The van der Waals surface area contributed by atoms with E-state index in [1.54, 1.807) is 35.2 Å². The number of carboxylic acid groups (broad SMARTS) is 1. The van der Waals surface area contributed by atoms with E-state index in [1.165, 1.54) is 0 Å². The fraction of sp³-hybridized carbons (Fsp3) is 0.250. The molecule has 1 aliphatic heterocycles. The normalized spacial score (nSPS) is 17.8. The predicted molar refractivity (Wildman–Crippen MR) is 96.6 cm³/mol. The van der Waals surface area contributed by atoms with Gasteiger partial charge in [0.05, 0.1) is 5.92 Å². The Labute approximate surface area is 151 Å². The van der Waals surface area contributed by atoms with Gasteiger partial charge in [-0.1, -0.05) is 48.0 Å². The van der Waals surface area contributed by atoms with E-state index in [4.69, 9.17) is 0 Å². The summed E-state index contributed by atoms with van der Waals surface area (Å²) in [6.45, 7) is 2.20. The molecule has 1 aliphatic rings. The molecular weight excluding hydrogens is 332 g/mol. The van der Waals surface area contributed by atoms with Crippen LogP contribution in [0.1, 0.15) is 23.6 Å². The molecule has 6 heteroatoms. The van der Waals surface area contributed by atoms with E-state index in [1.807, 2.05) is 31.2 Å². The topological polar surface area (TPSA) is 86.7 Å². The summed E-state index contributed by atoms with van der Waals surface area (Å²) >= 11 is 0. The summed E-state index contributed by atoms with van der Waals surface area (Å²) in [4.78, 5) is 38.0. The number of carboxylic acids is 1. The largest absolute Gasteiger partial charge is 0.479 e. The highest BCUT2D eigenvalue weighted by atomic mass is 16.4. The second-order valence-corrected chi connectivity index (χ2v) is 6.43. The van der Waals surface area contributed by atoms with Gasteiger partial charge in [-0.2, -0.15) is 0 Å². The lowest BCUT2D eigenvalue weighted by Gasteiger charge is -2.19. The van der Waals surface area contributed by atoms with Crippen LogP contribution in [-0.4, -0.2) is 29.4 Å². The number of hydrogen-bond donors (Lipinski definition) is 2. The lowest BCUT2D eigenvalue weighted by atomic mass is 10.0. The standard InChI is InChI=1S/C20H20N2O4/c1-13-7-9-16(10-8-13)22-12-15(11-17(22)23)19(24)21-18(20(25)26)14-5-3-2-4-6-14/h2-10,15,18H,11-12H2,1H3,(H,21,24)(H,25,26)/t15?,18-/m0/s1. The lowest BCUT2D eigenvalue weighted by molar-refractivity contribution is -0.142. The molecule has 26 heavy (non-hydrogen) atoms. The van der Waals surface area contributed by atoms with Crippen LogP contribution in [0.15, 0.2) is 54.6 Å². The van der Waals surface area contributed by atoms with Crippen molar-refractivity contribution >= 4 is 23.5 Å². The van der Waals surface area contributed by atoms with Crippen molar-refractivity contribution in [3.05, 3.63) is 65.7 Å². The molecule has 1 unspecified atom stereocenters. The van der Waals surface area contributed by atoms with Crippen molar-refractivity contribution in [1.29, 1.82) is 0 Å². The number of carbonyl (C=O) groups excluding carboxylic acids is 2. The predicted octanol–water partition coefficient (Wildman–Crippen LogP) is 2.29. The molecule has 0 radical (unpaired) electrons. The molecule has 0 aliphatic carbocycles. The molecule has 2 atom stereocenters. The summed E-state index contributed by atoms with van der Waals surface area (Å²) in [5, 5.41) is 12.0. The molecule has 6 nitrogen and oxygen atoms in total. The van der Waals surface area contributed by atoms with Gasteiger partial charge in [-0.05, 0) is 24.6 Å². The van der Waals surface area contributed by atoms with Crippen LogP contribution in [0.4, 0.5) is 5.69 Å². The SMILES string of the molecule is Cc1ccc(N2CC(C(=O)N[C@H](C(=O)O)c3ccccc3)CC2=O)cc1. The Bertz CT molecular complexity index is 817. The summed E-state index contributed by atoms with van der Waals surface area (Å²) in [7, 11) is 0. The van der Waals surface area contributed by atoms with Crippen molar-refractivity contribution in [1.82, 2.24) is 5.32 Å². The molecule has 134 valence electrons. The Kier molecular flexibility index (Phi) is 5.02. The third kappa shape index (κ3) is 3.74. The molecule has 1 saturated heterocycles. The minimum absolute atomic E-state index is 0.0703. The number of nitrogens with zero attached hydrogens (tertiary/aromatic N) is 1. The second kappa shape index (κ2) is 7.39. The molecule has 0 bridgehead atoms. The van der Waals surface area contributed by atoms with Crippen LogP contribution in [0.25, 0.3) is 0 Å². The van der Waals surface area contributed by atoms with Crippen molar-refractivity contribution in [3.8, 4) is 0 Å². The zero-order valence-corrected chi connectivity index (χ0v) is 14.4. The number of benzene rings is 2. The number of amides is 2. The van der Waals surface area contributed by atoms with Crippen molar-refractivity contribution in [3.63, 3.8) is 0 Å². The van der Waals surface area contributed by atoms with Crippen molar-refractivity contribution in [2.24, 2.45) is 5.92 Å². The second-order valence-electron chi connectivity index (χ2n) is 6.43. The van der Waals surface area contributed by atoms with Gasteiger partial charge in [0.2, 0.25) is 11.8 Å². The van der Waals surface area contributed by atoms with Crippen LogP contribution in [0.2, 0.25) is 0 Å². The first-order valence-electron chi connectivity index (χ1n) is 8.41. The average molecular weight is 352 g/mol. The van der Waals surface area contributed by atoms with Crippen LogP contribution >= 0.6 is 0 Å². The number of aryl methyl sites for hydroxylation is 1. The highest BCUT2D eigenvalue weighted by Crippen LogP contribution is 2.26. The smallest absolute Gasteiger partial charge is 0.330 e. The van der Waals surface area contributed by atoms with E-state index in [0.717, 1.165) is 11.3 Å². The van der Waals surface area contributed by atoms with Crippen LogP contribution in [0, 0.1) is 12.8 Å². The van der Waals surface area contributed by atoms with Crippen molar-refractivity contribution in [2.75, 3.05) is 11.4 Å². The monoisotopic (exact) mass is 352 g/mol. The molecule has 0 spiro atoms. The first-order chi connectivity index (χ1) is 12.5. The molecule has 1 heterocycles. The van der Waals surface area contributed by atoms with Gasteiger partial charge in [0.1, 0.15) is 0 Å². The minimum atomic E-state index is -1.13. The zero-order valence-electron chi connectivity index (χ0n) is 14.4. The van der Waals surface area contributed by atoms with E-state index in [-0.39, 0.29) is 18.9 Å². The number of aliphatic carboxylic acids is 1. The molecule has 1 fully saturated rings. The summed E-state index contributed by atoms with van der Waals surface area (Å²) in [6.07, 6.45) is 0.0703. The maximum absolute atomic E-state index is 12.6. The molecule has 0 aromatic heterocycles. The number of hydrogen-bond acceptors (Lipinski definition) is 3. The number of rotatable bonds is 5. The first kappa shape index (κ1) is 17.7. The molecule has 2 amide bonds. The molecule has 2 N–H and O–H groups in total. The minimum Gasteiger partial charge on any atom is -0.479 e. The fourth-order valence-electron chi connectivity index (χ4n) is 3.05. The van der Waals surface area contributed by atoms with Gasteiger partial charge in [0.15, 0.2) is 6.04 Å². The summed E-state index contributed by atoms with van der Waals surface area (Å²) < 4.78 is 0. The Morgan fingerprint density at radius 2 is 1.77 bits per heavy atom. The maximum Gasteiger partial charge on any atom is 0.330 e. The Morgan fingerprint density at radius 3 is 2.38 bits per heavy atom. The average Bonchev–Trinajstić information content (AvgIpc) is 3.02. The van der Waals surface area contributed by atoms with Gasteiger partial charge in [-0.3, -0.25) is 9.59 Å². The van der Waals surface area contributed by atoms with Crippen LogP contribution < -0.4 is 10.2 Å². The number of nitrogens with one attached hydrogen (secondary N) is 1. The van der Waals surface area contributed by atoms with Crippen LogP contribution in [-0.2, 0) is 14.4 Å². The lowest BCUT2D eigenvalue weighted by Crippen LogP contribution is -2.38. The van der Waals surface area contributed by atoms with Crippen LogP contribution in [0.5, 0.6) is 0 Å². The number of anilines is 1. The van der Waals surface area contributed by atoms with Crippen molar-refractivity contribution < 1.29 is 19.5 Å². The molecule has 0 saturated carbocycles.